The molecule has 12 heteroatoms. The third-order valence-electron chi connectivity index (χ3n) is 11.8. The van der Waals surface area contributed by atoms with Crippen LogP contribution in [-0.4, -0.2) is 122 Å². The van der Waals surface area contributed by atoms with Crippen LogP contribution >= 0.6 is 0 Å². The van der Waals surface area contributed by atoms with E-state index >= 15 is 0 Å². The van der Waals surface area contributed by atoms with E-state index in [0.29, 0.717) is 52.0 Å². The molecule has 0 unspecified atom stereocenters. The number of aliphatic hydroxyl groups excluding tert-OH is 3. The van der Waals surface area contributed by atoms with E-state index in [-0.39, 0.29) is 36.9 Å². The maximum absolute atomic E-state index is 14.2. The van der Waals surface area contributed by atoms with Crippen molar-refractivity contribution in [3.63, 3.8) is 0 Å². The summed E-state index contributed by atoms with van der Waals surface area (Å²) in [6.07, 6.45) is 3.98. The Morgan fingerprint density at radius 2 is 1.86 bits per heavy atom. The average Bonchev–Trinajstić information content (AvgIpc) is 3.54. The summed E-state index contributed by atoms with van der Waals surface area (Å²) in [5.41, 5.74) is 5.08. The Morgan fingerprint density at radius 1 is 1.12 bits per heavy atom. The molecule has 1 heterocycles. The maximum atomic E-state index is 14.2. The molecule has 4 fully saturated rings. The minimum Gasteiger partial charge on any atom is -0.496 e. The number of para-hydroxylation sites is 1. The third kappa shape index (κ3) is 8.96. The number of hydrogen-bond acceptors (Lipinski definition) is 10. The van der Waals surface area contributed by atoms with Crippen LogP contribution < -0.4 is 20.3 Å². The molecule has 3 saturated carbocycles. The van der Waals surface area contributed by atoms with E-state index in [2.05, 4.69) is 37.3 Å². The minimum atomic E-state index is -1.03. The van der Waals surface area contributed by atoms with Crippen LogP contribution in [-0.2, 0) is 16.2 Å². The fourth-order valence-corrected chi connectivity index (χ4v) is 8.71. The molecular formula is C44H61N5O7. The Kier molecular flexibility index (Phi) is 14.0. The van der Waals surface area contributed by atoms with Crippen LogP contribution in [0.15, 0.2) is 85.5 Å². The summed E-state index contributed by atoms with van der Waals surface area (Å²) in [5, 5.41) is 40.4. The van der Waals surface area contributed by atoms with Crippen LogP contribution in [0.4, 0.5) is 5.69 Å². The Hall–Kier alpha value is -4.30. The van der Waals surface area contributed by atoms with Crippen LogP contribution in [0, 0.1) is 23.7 Å². The second-order valence-electron chi connectivity index (χ2n) is 16.0. The Bertz CT molecular complexity index is 1810. The molecule has 5 N–H and O–H groups in total. The van der Waals surface area contributed by atoms with Crippen molar-refractivity contribution >= 4 is 17.5 Å². The number of allylic oxidation sites excluding steroid dienone is 3. The molecule has 3 aliphatic carbocycles. The van der Waals surface area contributed by atoms with Crippen molar-refractivity contribution in [1.29, 1.82) is 0 Å². The molecule has 1 saturated heterocycles. The number of nitrogens with one attached hydrogen (secondary N) is 2. The molecule has 0 aromatic heterocycles. The van der Waals surface area contributed by atoms with E-state index < -0.39 is 36.3 Å². The molecule has 2 aromatic rings. The number of amides is 2. The summed E-state index contributed by atoms with van der Waals surface area (Å²) in [6.45, 7) is 15.7. The number of ether oxygens (including phenoxy) is 1. The Morgan fingerprint density at radius 3 is 2.43 bits per heavy atom. The fourth-order valence-electron chi connectivity index (χ4n) is 8.71. The monoisotopic (exact) mass is 771 g/mol. The zero-order valence-electron chi connectivity index (χ0n) is 33.9. The van der Waals surface area contributed by atoms with E-state index in [0.717, 1.165) is 18.5 Å². The van der Waals surface area contributed by atoms with Crippen molar-refractivity contribution in [2.75, 3.05) is 53.4 Å². The van der Waals surface area contributed by atoms with Crippen molar-refractivity contribution in [2.24, 2.45) is 23.7 Å². The highest BCUT2D eigenvalue weighted by molar-refractivity contribution is 5.97. The van der Waals surface area contributed by atoms with Gasteiger partial charge in [0.15, 0.2) is 0 Å². The summed E-state index contributed by atoms with van der Waals surface area (Å²) < 4.78 is 6.06. The molecule has 304 valence electrons. The summed E-state index contributed by atoms with van der Waals surface area (Å²) >= 11 is 0. The highest BCUT2D eigenvalue weighted by atomic mass is 16.7. The summed E-state index contributed by atoms with van der Waals surface area (Å²) in [4.78, 5) is 38.2. The van der Waals surface area contributed by atoms with Gasteiger partial charge in [0.25, 0.3) is 5.91 Å². The predicted octanol–water partition coefficient (Wildman–Crippen LogP) is 3.94. The molecule has 12 nitrogen and oxygen atoms in total. The number of fused-ring (bicyclic) bond motifs is 2. The van der Waals surface area contributed by atoms with Gasteiger partial charge in [-0.05, 0) is 81.0 Å². The van der Waals surface area contributed by atoms with Gasteiger partial charge in [0.2, 0.25) is 5.91 Å². The van der Waals surface area contributed by atoms with Crippen LogP contribution in [0.3, 0.4) is 0 Å². The third-order valence-corrected chi connectivity index (χ3v) is 11.8. The summed E-state index contributed by atoms with van der Waals surface area (Å²) in [5.74, 6) is 0.270. The lowest BCUT2D eigenvalue weighted by atomic mass is 9.56. The fraction of sp³-hybridized carbons (Fsp3) is 0.500. The second kappa shape index (κ2) is 18.3. The predicted molar refractivity (Wildman–Crippen MR) is 220 cm³/mol. The standard InChI is InChI=1S/C44H61N5O7/c1-11-14-28(12-2)41(52)37(23-47(6)7)46-43(53)32-17-31(18-33(19-32)48(8)9)34-16-13-15-29(42(34)55-10)22-49-40(39(27(5)51)38(24-50)56-49)44(54)45-36-21-30-20-35(25(30)3)26(36)4/h11-19,26-27,30,35-41,50-52H,1-3,20-24H2,4-10H3,(H,45,54)(H,46,53)/b28-14+/t26-,27-,30+,35+,36-,37+,38-,39+,40-,41+/m0/s1. The number of methoxy groups -OCH3 is 1. The second-order valence-corrected chi connectivity index (χ2v) is 16.0. The molecule has 6 rings (SSSR count). The molecule has 2 amide bonds. The normalized spacial score (nSPS) is 26.5. The largest absolute Gasteiger partial charge is 0.496 e. The van der Waals surface area contributed by atoms with Crippen molar-refractivity contribution in [1.82, 2.24) is 20.6 Å². The lowest BCUT2D eigenvalue weighted by molar-refractivity contribution is -0.182. The maximum Gasteiger partial charge on any atom is 0.251 e. The lowest BCUT2D eigenvalue weighted by Gasteiger charge is -2.52. The highest BCUT2D eigenvalue weighted by Gasteiger charge is 2.52. The van der Waals surface area contributed by atoms with Gasteiger partial charge in [-0.3, -0.25) is 14.4 Å². The summed E-state index contributed by atoms with van der Waals surface area (Å²) in [7, 11) is 9.09. The SMILES string of the molecule is C=C/C=C(\C=C)[C@@H](O)[C@@H](CN(C)C)NC(=O)c1cc(-c2cccc(CN3O[C@@H](CO)[C@@H]([C@H](C)O)[C@H]3C(=O)N[C@H]3C[C@H]4C[C@H](C4=C)[C@@H]3C)c2OC)cc(N(C)C)c1. The number of rotatable bonds is 17. The first-order valence-corrected chi connectivity index (χ1v) is 19.4. The van der Waals surface area contributed by atoms with Gasteiger partial charge in [-0.2, -0.15) is 5.06 Å². The Balaban J connectivity index is 1.47. The van der Waals surface area contributed by atoms with Crippen LogP contribution in [0.1, 0.15) is 42.6 Å². The molecule has 2 aromatic carbocycles. The van der Waals surface area contributed by atoms with Crippen LogP contribution in [0.2, 0.25) is 0 Å². The van der Waals surface area contributed by atoms with Gasteiger partial charge in [-0.1, -0.05) is 68.7 Å². The lowest BCUT2D eigenvalue weighted by Crippen LogP contribution is -2.57. The van der Waals surface area contributed by atoms with Crippen molar-refractivity contribution in [2.45, 2.75) is 69.7 Å². The smallest absolute Gasteiger partial charge is 0.251 e. The quantitative estimate of drug-likeness (QED) is 0.119. The minimum absolute atomic E-state index is 0.0243. The zero-order chi connectivity index (χ0) is 41.0. The van der Waals surface area contributed by atoms with E-state index in [1.807, 2.05) is 62.3 Å². The number of carbonyl (C=O) groups is 2. The van der Waals surface area contributed by atoms with Gasteiger partial charge in [-0.25, -0.2) is 0 Å². The molecule has 0 radical (unpaired) electrons. The van der Waals surface area contributed by atoms with Gasteiger partial charge in [0.1, 0.15) is 24.0 Å². The molecule has 0 spiro atoms. The molecule has 10 atom stereocenters. The van der Waals surface area contributed by atoms with E-state index in [1.165, 1.54) is 5.57 Å². The number of benzene rings is 2. The first kappa shape index (κ1) is 42.8. The number of hydrogen-bond donors (Lipinski definition) is 5. The number of hydroxylamine groups is 2. The topological polar surface area (TPSA) is 147 Å². The van der Waals surface area contributed by atoms with E-state index in [4.69, 9.17) is 9.57 Å². The number of anilines is 1. The first-order valence-electron chi connectivity index (χ1n) is 19.4. The molecule has 56 heavy (non-hydrogen) atoms. The number of likely N-dealkylation sites (N-methyl/N-ethyl adjacent to an activating group) is 1. The van der Waals surface area contributed by atoms with Gasteiger partial charge >= 0.3 is 0 Å². The molecular weight excluding hydrogens is 711 g/mol. The number of nitrogens with zero attached hydrogens (tertiary/aromatic N) is 3. The summed E-state index contributed by atoms with van der Waals surface area (Å²) in [6, 6.07) is 9.65. The average molecular weight is 772 g/mol. The number of carbonyl (C=O) groups excluding carboxylic acids is 2. The van der Waals surface area contributed by atoms with Crippen LogP contribution in [0.5, 0.6) is 5.75 Å². The first-order chi connectivity index (χ1) is 26.6. The molecule has 1 aliphatic heterocycles. The van der Waals surface area contributed by atoms with E-state index in [9.17, 15) is 24.9 Å². The van der Waals surface area contributed by atoms with Gasteiger partial charge in [0, 0.05) is 55.0 Å². The van der Waals surface area contributed by atoms with Crippen LogP contribution in [0.25, 0.3) is 11.1 Å². The zero-order valence-corrected chi connectivity index (χ0v) is 33.9. The van der Waals surface area contributed by atoms with Gasteiger partial charge in [-0.15, -0.1) is 0 Å². The Labute approximate surface area is 332 Å². The number of aliphatic hydroxyl groups is 3. The highest BCUT2D eigenvalue weighted by Crippen LogP contribution is 2.52. The van der Waals surface area contributed by atoms with Crippen molar-refractivity contribution in [3.05, 3.63) is 96.6 Å². The van der Waals surface area contributed by atoms with E-state index in [1.54, 1.807) is 49.5 Å². The van der Waals surface area contributed by atoms with Crippen molar-refractivity contribution < 1.29 is 34.5 Å². The molecule has 2 bridgehead atoms. The molecule has 4 aliphatic rings. The van der Waals surface area contributed by atoms with Gasteiger partial charge in [0.05, 0.1) is 32.4 Å². The van der Waals surface area contributed by atoms with Gasteiger partial charge < -0.3 is 40.5 Å². The van der Waals surface area contributed by atoms with Crippen molar-refractivity contribution in [3.8, 4) is 16.9 Å².